The van der Waals surface area contributed by atoms with Crippen LogP contribution in [0.1, 0.15) is 24.4 Å². The summed E-state index contributed by atoms with van der Waals surface area (Å²) in [6.45, 7) is -0.199. The van der Waals surface area contributed by atoms with Gasteiger partial charge in [0.15, 0.2) is 0 Å². The Kier molecular flexibility index (Phi) is 4.25. The Bertz CT molecular complexity index is 499. The molecule has 0 radical (unpaired) electrons. The maximum Gasteiger partial charge on any atom is 0.268 e. The summed E-state index contributed by atoms with van der Waals surface area (Å²) in [4.78, 5) is 22.9. The molecule has 0 saturated heterocycles. The average molecular weight is 261 g/mol. The van der Waals surface area contributed by atoms with Gasteiger partial charge in [-0.3, -0.25) is 9.59 Å². The second-order valence-electron chi connectivity index (χ2n) is 4.21. The first-order valence-corrected chi connectivity index (χ1v) is 6.03. The van der Waals surface area contributed by atoms with Gasteiger partial charge in [0, 0.05) is 12.8 Å². The van der Waals surface area contributed by atoms with Gasteiger partial charge in [-0.05, 0) is 5.56 Å². The lowest BCUT2D eigenvalue weighted by molar-refractivity contribution is -0.121. The van der Waals surface area contributed by atoms with Crippen molar-refractivity contribution in [3.63, 3.8) is 0 Å². The molecule has 0 fully saturated rings. The van der Waals surface area contributed by atoms with Crippen molar-refractivity contribution in [2.75, 3.05) is 6.61 Å². The Morgan fingerprint density at radius 3 is 2.68 bits per heavy atom. The summed E-state index contributed by atoms with van der Waals surface area (Å²) < 4.78 is 0. The molecule has 19 heavy (non-hydrogen) atoms. The van der Waals surface area contributed by atoms with Gasteiger partial charge in [-0.2, -0.15) is 5.10 Å². The standard InChI is InChI=1S/C13H15N3O3/c17-8-11(9-4-2-1-3-5-9)14-13(19)10-6-7-12(18)16-15-10/h1-5,11,17H,6-8H2,(H,14,19)(H,16,18). The van der Waals surface area contributed by atoms with Gasteiger partial charge in [0.05, 0.1) is 12.6 Å². The Morgan fingerprint density at radius 1 is 1.37 bits per heavy atom. The van der Waals surface area contributed by atoms with E-state index in [1.54, 1.807) is 0 Å². The molecule has 1 aromatic rings. The maximum absolute atomic E-state index is 11.9. The third-order valence-electron chi connectivity index (χ3n) is 2.86. The highest BCUT2D eigenvalue weighted by molar-refractivity contribution is 6.39. The van der Waals surface area contributed by atoms with E-state index < -0.39 is 6.04 Å². The minimum absolute atomic E-state index is 0.196. The zero-order chi connectivity index (χ0) is 13.7. The van der Waals surface area contributed by atoms with Crippen LogP contribution in [0.3, 0.4) is 0 Å². The minimum atomic E-state index is -0.478. The van der Waals surface area contributed by atoms with E-state index in [9.17, 15) is 14.7 Å². The van der Waals surface area contributed by atoms with Crippen LogP contribution in [-0.4, -0.2) is 29.2 Å². The molecule has 0 aliphatic carbocycles. The lowest BCUT2D eigenvalue weighted by atomic mass is 10.1. The Morgan fingerprint density at radius 2 is 2.11 bits per heavy atom. The quantitative estimate of drug-likeness (QED) is 0.718. The Balaban J connectivity index is 2.03. The molecule has 6 nitrogen and oxygen atoms in total. The van der Waals surface area contributed by atoms with Crippen LogP contribution < -0.4 is 10.7 Å². The molecule has 0 bridgehead atoms. The van der Waals surface area contributed by atoms with Crippen LogP contribution in [0, 0.1) is 0 Å². The first-order valence-electron chi connectivity index (χ1n) is 6.03. The van der Waals surface area contributed by atoms with E-state index in [1.165, 1.54) is 0 Å². The van der Waals surface area contributed by atoms with E-state index >= 15 is 0 Å². The minimum Gasteiger partial charge on any atom is -0.394 e. The number of amides is 2. The Hall–Kier alpha value is -2.21. The van der Waals surface area contributed by atoms with E-state index in [2.05, 4.69) is 15.8 Å². The second kappa shape index (κ2) is 6.10. The molecule has 1 heterocycles. The number of hydrogen-bond acceptors (Lipinski definition) is 4. The number of nitrogens with zero attached hydrogens (tertiary/aromatic N) is 1. The number of carbonyl (C=O) groups excluding carboxylic acids is 2. The summed E-state index contributed by atoms with van der Waals surface area (Å²) in [5.74, 6) is -0.568. The van der Waals surface area contributed by atoms with Crippen molar-refractivity contribution in [2.24, 2.45) is 5.10 Å². The third kappa shape index (κ3) is 3.38. The molecular formula is C13H15N3O3. The lowest BCUT2D eigenvalue weighted by Gasteiger charge is -2.18. The molecule has 1 aliphatic rings. The summed E-state index contributed by atoms with van der Waals surface area (Å²) >= 11 is 0. The van der Waals surface area contributed by atoms with E-state index in [-0.39, 0.29) is 30.6 Å². The maximum atomic E-state index is 11.9. The van der Waals surface area contributed by atoms with Gasteiger partial charge in [-0.25, -0.2) is 5.43 Å². The average Bonchev–Trinajstić information content (AvgIpc) is 2.46. The normalized spacial score (nSPS) is 16.3. The molecular weight excluding hydrogens is 246 g/mol. The predicted octanol–water partition coefficient (Wildman–Crippen LogP) is 0.102. The van der Waals surface area contributed by atoms with E-state index in [1.807, 2.05) is 30.3 Å². The number of aliphatic hydroxyl groups excluding tert-OH is 1. The van der Waals surface area contributed by atoms with Crippen molar-refractivity contribution < 1.29 is 14.7 Å². The monoisotopic (exact) mass is 261 g/mol. The Labute approximate surface area is 110 Å². The summed E-state index contributed by atoms with van der Waals surface area (Å²) in [5, 5.41) is 15.8. The molecule has 100 valence electrons. The first-order chi connectivity index (χ1) is 9.20. The zero-order valence-electron chi connectivity index (χ0n) is 10.3. The molecule has 1 atom stereocenters. The number of carbonyl (C=O) groups is 2. The molecule has 2 rings (SSSR count). The predicted molar refractivity (Wildman–Crippen MR) is 69.2 cm³/mol. The molecule has 1 aromatic carbocycles. The van der Waals surface area contributed by atoms with Gasteiger partial charge in [0.1, 0.15) is 5.71 Å². The van der Waals surface area contributed by atoms with Crippen LogP contribution in [-0.2, 0) is 9.59 Å². The van der Waals surface area contributed by atoms with E-state index in [0.717, 1.165) is 5.56 Å². The summed E-state index contributed by atoms with van der Waals surface area (Å²) in [5.41, 5.74) is 3.36. The third-order valence-corrected chi connectivity index (χ3v) is 2.86. The summed E-state index contributed by atoms with van der Waals surface area (Å²) in [6.07, 6.45) is 0.561. The van der Waals surface area contributed by atoms with E-state index in [0.29, 0.717) is 6.42 Å². The van der Waals surface area contributed by atoms with Gasteiger partial charge in [0.25, 0.3) is 5.91 Å². The fourth-order valence-corrected chi connectivity index (χ4v) is 1.80. The molecule has 0 saturated carbocycles. The zero-order valence-corrected chi connectivity index (χ0v) is 10.3. The molecule has 2 amide bonds. The highest BCUT2D eigenvalue weighted by Crippen LogP contribution is 2.12. The fourth-order valence-electron chi connectivity index (χ4n) is 1.80. The summed E-state index contributed by atoms with van der Waals surface area (Å²) in [7, 11) is 0. The van der Waals surface area contributed by atoms with Crippen LogP contribution in [0.4, 0.5) is 0 Å². The van der Waals surface area contributed by atoms with Crippen LogP contribution in [0.15, 0.2) is 35.4 Å². The summed E-state index contributed by atoms with van der Waals surface area (Å²) in [6, 6.07) is 8.71. The van der Waals surface area contributed by atoms with Gasteiger partial charge in [0.2, 0.25) is 5.91 Å². The number of hydrazone groups is 1. The fraction of sp³-hybridized carbons (Fsp3) is 0.308. The number of nitrogens with one attached hydrogen (secondary N) is 2. The van der Waals surface area contributed by atoms with Crippen molar-refractivity contribution in [2.45, 2.75) is 18.9 Å². The highest BCUT2D eigenvalue weighted by atomic mass is 16.3. The first kappa shape index (κ1) is 13.2. The molecule has 1 unspecified atom stereocenters. The SMILES string of the molecule is O=C1CCC(C(=O)NC(CO)c2ccccc2)=NN1. The number of rotatable bonds is 4. The van der Waals surface area contributed by atoms with Crippen molar-refractivity contribution in [1.82, 2.24) is 10.7 Å². The smallest absolute Gasteiger partial charge is 0.268 e. The van der Waals surface area contributed by atoms with Crippen LogP contribution in [0.2, 0.25) is 0 Å². The van der Waals surface area contributed by atoms with Crippen molar-refractivity contribution in [1.29, 1.82) is 0 Å². The van der Waals surface area contributed by atoms with Crippen molar-refractivity contribution >= 4 is 17.5 Å². The number of aliphatic hydroxyl groups is 1. The van der Waals surface area contributed by atoms with Gasteiger partial charge >= 0.3 is 0 Å². The largest absolute Gasteiger partial charge is 0.394 e. The topological polar surface area (TPSA) is 90.8 Å². The van der Waals surface area contributed by atoms with Crippen molar-refractivity contribution in [3.05, 3.63) is 35.9 Å². The molecule has 3 N–H and O–H groups in total. The van der Waals surface area contributed by atoms with Crippen molar-refractivity contribution in [3.8, 4) is 0 Å². The van der Waals surface area contributed by atoms with Crippen LogP contribution >= 0.6 is 0 Å². The number of hydrogen-bond donors (Lipinski definition) is 3. The molecule has 0 aromatic heterocycles. The van der Waals surface area contributed by atoms with E-state index in [4.69, 9.17) is 0 Å². The molecule has 0 spiro atoms. The lowest BCUT2D eigenvalue weighted by Crippen LogP contribution is -2.39. The highest BCUT2D eigenvalue weighted by Gasteiger charge is 2.21. The van der Waals surface area contributed by atoms with Gasteiger partial charge in [-0.1, -0.05) is 30.3 Å². The van der Waals surface area contributed by atoms with Gasteiger partial charge in [-0.15, -0.1) is 0 Å². The number of benzene rings is 1. The second-order valence-corrected chi connectivity index (χ2v) is 4.21. The van der Waals surface area contributed by atoms with Gasteiger partial charge < -0.3 is 10.4 Å². The van der Waals surface area contributed by atoms with Crippen LogP contribution in [0.25, 0.3) is 0 Å². The molecule has 1 aliphatic heterocycles. The van der Waals surface area contributed by atoms with Crippen LogP contribution in [0.5, 0.6) is 0 Å². The molecule has 6 heteroatoms.